The minimum atomic E-state index is -0.0474. The minimum absolute atomic E-state index is 0.0474. The van der Waals surface area contributed by atoms with E-state index in [-0.39, 0.29) is 5.97 Å². The van der Waals surface area contributed by atoms with Crippen molar-refractivity contribution in [1.82, 2.24) is 0 Å². The predicted octanol–water partition coefficient (Wildman–Crippen LogP) is 4.88. The van der Waals surface area contributed by atoms with Crippen LogP contribution < -0.4 is 0 Å². The van der Waals surface area contributed by atoms with Crippen LogP contribution in [0, 0.1) is 0 Å². The average molecular weight is 286 g/mol. The van der Waals surface area contributed by atoms with Crippen molar-refractivity contribution in [1.29, 1.82) is 0 Å². The van der Waals surface area contributed by atoms with Crippen LogP contribution in [0.4, 0.5) is 0 Å². The zero-order valence-electron chi connectivity index (χ0n) is 13.8. The van der Waals surface area contributed by atoms with Crippen LogP contribution in [0.2, 0.25) is 0 Å². The van der Waals surface area contributed by atoms with Crippen molar-refractivity contribution in [3.8, 4) is 0 Å². The van der Waals surface area contributed by atoms with Gasteiger partial charge in [0.15, 0.2) is 0 Å². The lowest BCUT2D eigenvalue weighted by Gasteiger charge is -2.09. The smallest absolute Gasteiger partial charge is 0.305 e. The van der Waals surface area contributed by atoms with Crippen LogP contribution in [0.1, 0.15) is 85.0 Å². The summed E-state index contributed by atoms with van der Waals surface area (Å²) in [6, 6.07) is 0. The summed E-state index contributed by atoms with van der Waals surface area (Å²) < 4.78 is 10.5. The molecule has 0 amide bonds. The van der Waals surface area contributed by atoms with Gasteiger partial charge in [-0.1, -0.05) is 45.4 Å². The molecule has 0 spiro atoms. The number of unbranched alkanes of at least 4 members (excludes halogenated alkanes) is 7. The van der Waals surface area contributed by atoms with Gasteiger partial charge in [-0.05, 0) is 33.1 Å². The fourth-order valence-electron chi connectivity index (χ4n) is 2.07. The lowest BCUT2D eigenvalue weighted by Crippen LogP contribution is -2.07. The number of esters is 1. The molecule has 3 heteroatoms. The fraction of sp³-hybridized carbons (Fsp3) is 0.941. The van der Waals surface area contributed by atoms with E-state index in [1.807, 2.05) is 6.92 Å². The van der Waals surface area contributed by atoms with Crippen molar-refractivity contribution in [3.05, 3.63) is 0 Å². The van der Waals surface area contributed by atoms with E-state index in [4.69, 9.17) is 9.47 Å². The van der Waals surface area contributed by atoms with E-state index in [0.717, 1.165) is 25.9 Å². The first-order valence-corrected chi connectivity index (χ1v) is 8.47. The molecule has 0 rings (SSSR count). The summed E-state index contributed by atoms with van der Waals surface area (Å²) in [7, 11) is 0. The standard InChI is InChI=1S/C17H34O3/c1-4-16(3)20-15-13-11-9-7-6-8-10-12-14-17(18)19-5-2/h16H,4-15H2,1-3H3. The second-order valence-electron chi connectivity index (χ2n) is 5.47. The number of ether oxygens (including phenoxy) is 2. The molecule has 120 valence electrons. The minimum Gasteiger partial charge on any atom is -0.466 e. The highest BCUT2D eigenvalue weighted by molar-refractivity contribution is 5.69. The Bertz CT molecular complexity index is 216. The summed E-state index contributed by atoms with van der Waals surface area (Å²) >= 11 is 0. The van der Waals surface area contributed by atoms with Crippen molar-refractivity contribution in [3.63, 3.8) is 0 Å². The van der Waals surface area contributed by atoms with Gasteiger partial charge in [-0.3, -0.25) is 4.79 Å². The van der Waals surface area contributed by atoms with Crippen LogP contribution >= 0.6 is 0 Å². The van der Waals surface area contributed by atoms with Crippen molar-refractivity contribution in [2.75, 3.05) is 13.2 Å². The molecule has 0 bridgehead atoms. The largest absolute Gasteiger partial charge is 0.466 e. The first-order chi connectivity index (χ1) is 9.70. The summed E-state index contributed by atoms with van der Waals surface area (Å²) in [5, 5.41) is 0. The third-order valence-electron chi connectivity index (χ3n) is 3.56. The Kier molecular flexibility index (Phi) is 14.4. The van der Waals surface area contributed by atoms with Gasteiger partial charge in [-0.25, -0.2) is 0 Å². The maximum absolute atomic E-state index is 11.1. The first kappa shape index (κ1) is 19.4. The van der Waals surface area contributed by atoms with Crippen LogP contribution in [-0.4, -0.2) is 25.3 Å². The highest BCUT2D eigenvalue weighted by Crippen LogP contribution is 2.10. The Morgan fingerprint density at radius 1 is 0.900 bits per heavy atom. The molecular formula is C17H34O3. The van der Waals surface area contributed by atoms with Crippen molar-refractivity contribution < 1.29 is 14.3 Å². The topological polar surface area (TPSA) is 35.5 Å². The zero-order chi connectivity index (χ0) is 15.1. The maximum Gasteiger partial charge on any atom is 0.305 e. The molecule has 20 heavy (non-hydrogen) atoms. The predicted molar refractivity (Wildman–Crippen MR) is 83.9 cm³/mol. The molecule has 0 aliphatic heterocycles. The average Bonchev–Trinajstić information content (AvgIpc) is 2.44. The summed E-state index contributed by atoms with van der Waals surface area (Å²) in [5.74, 6) is -0.0474. The molecule has 0 saturated heterocycles. The molecule has 0 fully saturated rings. The third kappa shape index (κ3) is 13.9. The Morgan fingerprint density at radius 3 is 2.00 bits per heavy atom. The van der Waals surface area contributed by atoms with Gasteiger partial charge >= 0.3 is 5.97 Å². The van der Waals surface area contributed by atoms with Crippen LogP contribution in [0.25, 0.3) is 0 Å². The molecule has 0 radical (unpaired) electrons. The highest BCUT2D eigenvalue weighted by atomic mass is 16.5. The highest BCUT2D eigenvalue weighted by Gasteiger charge is 2.00. The van der Waals surface area contributed by atoms with Crippen LogP contribution in [0.3, 0.4) is 0 Å². The van der Waals surface area contributed by atoms with Gasteiger partial charge in [0.05, 0.1) is 12.7 Å². The van der Waals surface area contributed by atoms with E-state index in [1.54, 1.807) is 0 Å². The monoisotopic (exact) mass is 286 g/mol. The van der Waals surface area contributed by atoms with Gasteiger partial charge in [0.2, 0.25) is 0 Å². The van der Waals surface area contributed by atoms with Gasteiger partial charge in [0, 0.05) is 13.0 Å². The second kappa shape index (κ2) is 14.8. The summed E-state index contributed by atoms with van der Waals surface area (Å²) in [6.45, 7) is 7.56. The van der Waals surface area contributed by atoms with Gasteiger partial charge < -0.3 is 9.47 Å². The quantitative estimate of drug-likeness (QED) is 0.337. The molecule has 0 heterocycles. The Labute approximate surface area is 125 Å². The lowest BCUT2D eigenvalue weighted by molar-refractivity contribution is -0.143. The Hall–Kier alpha value is -0.570. The van der Waals surface area contributed by atoms with Crippen molar-refractivity contribution in [2.45, 2.75) is 91.1 Å². The molecule has 0 aromatic carbocycles. The van der Waals surface area contributed by atoms with E-state index < -0.39 is 0 Å². The van der Waals surface area contributed by atoms with Gasteiger partial charge in [0.1, 0.15) is 0 Å². The van der Waals surface area contributed by atoms with Gasteiger partial charge in [-0.15, -0.1) is 0 Å². The molecule has 0 aromatic heterocycles. The van der Waals surface area contributed by atoms with Gasteiger partial charge in [0.25, 0.3) is 0 Å². The van der Waals surface area contributed by atoms with Crippen molar-refractivity contribution in [2.24, 2.45) is 0 Å². The molecular weight excluding hydrogens is 252 g/mol. The van der Waals surface area contributed by atoms with E-state index in [9.17, 15) is 4.79 Å². The van der Waals surface area contributed by atoms with Crippen LogP contribution in [0.15, 0.2) is 0 Å². The number of carbonyl (C=O) groups excluding carboxylic acids is 1. The second-order valence-corrected chi connectivity index (χ2v) is 5.47. The number of hydrogen-bond donors (Lipinski definition) is 0. The number of carbonyl (C=O) groups is 1. The molecule has 0 N–H and O–H groups in total. The molecule has 0 aliphatic rings. The van der Waals surface area contributed by atoms with Gasteiger partial charge in [-0.2, -0.15) is 0 Å². The molecule has 0 saturated carbocycles. The molecule has 0 aromatic rings. The number of rotatable bonds is 14. The van der Waals surface area contributed by atoms with Crippen LogP contribution in [-0.2, 0) is 14.3 Å². The van der Waals surface area contributed by atoms with E-state index in [2.05, 4.69) is 13.8 Å². The van der Waals surface area contributed by atoms with Crippen LogP contribution in [0.5, 0.6) is 0 Å². The van der Waals surface area contributed by atoms with E-state index in [1.165, 1.54) is 38.5 Å². The van der Waals surface area contributed by atoms with E-state index in [0.29, 0.717) is 19.1 Å². The SMILES string of the molecule is CCOC(=O)CCCCCCCCCCOC(C)CC. The summed E-state index contributed by atoms with van der Waals surface area (Å²) in [4.78, 5) is 11.1. The maximum atomic E-state index is 11.1. The zero-order valence-corrected chi connectivity index (χ0v) is 13.8. The molecule has 0 aliphatic carbocycles. The lowest BCUT2D eigenvalue weighted by atomic mass is 10.1. The normalized spacial score (nSPS) is 12.3. The Morgan fingerprint density at radius 2 is 1.45 bits per heavy atom. The molecule has 1 atom stereocenters. The number of hydrogen-bond acceptors (Lipinski definition) is 3. The molecule has 1 unspecified atom stereocenters. The third-order valence-corrected chi connectivity index (χ3v) is 3.56. The summed E-state index contributed by atoms with van der Waals surface area (Å²) in [5.41, 5.74) is 0. The molecule has 3 nitrogen and oxygen atoms in total. The fourth-order valence-corrected chi connectivity index (χ4v) is 2.07. The first-order valence-electron chi connectivity index (χ1n) is 8.47. The Balaban J connectivity index is 3.08. The summed E-state index contributed by atoms with van der Waals surface area (Å²) in [6.07, 6.45) is 11.8. The van der Waals surface area contributed by atoms with E-state index >= 15 is 0 Å². The van der Waals surface area contributed by atoms with Crippen molar-refractivity contribution >= 4 is 5.97 Å².